The van der Waals surface area contributed by atoms with Crippen LogP contribution < -0.4 is 26.2 Å². The van der Waals surface area contributed by atoms with Gasteiger partial charge in [-0.1, -0.05) is 121 Å². The summed E-state index contributed by atoms with van der Waals surface area (Å²) in [6.45, 7) is 17.8. The van der Waals surface area contributed by atoms with Gasteiger partial charge >= 0.3 is 0 Å². The summed E-state index contributed by atoms with van der Waals surface area (Å²) in [7, 11) is 0. The van der Waals surface area contributed by atoms with E-state index in [1.54, 1.807) is 5.56 Å². The Morgan fingerprint density at radius 3 is 2.05 bits per heavy atom. The lowest BCUT2D eigenvalue weighted by atomic mass is 9.33. The third-order valence-corrected chi connectivity index (χ3v) is 18.4. The average molecular weight is 762 g/mol. The van der Waals surface area contributed by atoms with Gasteiger partial charge in [0.05, 0.1) is 26.8 Å². The topological polar surface area (TPSA) is 11.4 Å². The molecule has 0 amide bonds. The first-order valence-corrected chi connectivity index (χ1v) is 22.7. The summed E-state index contributed by atoms with van der Waals surface area (Å²) in [5, 5.41) is 2.80. The Hall–Kier alpha value is -4.48. The molecule has 0 spiro atoms. The number of aromatic nitrogens is 1. The molecule has 284 valence electrons. The highest BCUT2D eigenvalue weighted by molar-refractivity contribution is 7.26. The standard InChI is InChI=1S/C52H52BN3S/c1-48(2,3)31-27-34-44-38(28-31)53-37-20-16-19-36-46(37)56(52(7)26-15-13-24-50(36,52)5)41-30-32(55-39-21-10-9-18-35(39)49(4)23-12-14-25-51(49,55)6)29-40(43(41)53)54(44)45-33-17-8-11-22-42(33)57-47(34)45/h8-11,16-22,27-30H,12-15,23-26H2,1-7H3. The summed E-state index contributed by atoms with van der Waals surface area (Å²) in [4.78, 5) is 5.78. The van der Waals surface area contributed by atoms with Gasteiger partial charge in [0.1, 0.15) is 0 Å². The van der Waals surface area contributed by atoms with E-state index in [1.165, 1.54) is 139 Å². The molecule has 7 aromatic rings. The molecule has 0 saturated heterocycles. The van der Waals surface area contributed by atoms with Gasteiger partial charge in [0.25, 0.3) is 6.71 Å². The van der Waals surface area contributed by atoms with Gasteiger partial charge in [-0.3, -0.25) is 0 Å². The molecule has 0 radical (unpaired) electrons. The van der Waals surface area contributed by atoms with Crippen molar-refractivity contribution in [2.24, 2.45) is 0 Å². The maximum atomic E-state index is 2.93. The number of anilines is 4. The maximum absolute atomic E-state index is 2.93. The number of fused-ring (bicyclic) bond motifs is 15. The van der Waals surface area contributed by atoms with Gasteiger partial charge in [0, 0.05) is 54.7 Å². The van der Waals surface area contributed by atoms with Gasteiger partial charge in [-0.25, -0.2) is 0 Å². The first-order chi connectivity index (χ1) is 27.4. The molecular formula is C52H52BN3S. The molecule has 57 heavy (non-hydrogen) atoms. The minimum absolute atomic E-state index is 0.0167. The van der Waals surface area contributed by atoms with Crippen LogP contribution in [0.4, 0.5) is 22.7 Å². The monoisotopic (exact) mass is 761 g/mol. The van der Waals surface area contributed by atoms with Gasteiger partial charge in [-0.15, -0.1) is 11.3 Å². The molecule has 4 unspecified atom stereocenters. The van der Waals surface area contributed by atoms with Gasteiger partial charge < -0.3 is 14.4 Å². The molecule has 0 N–H and O–H groups in total. The molecule has 2 aliphatic carbocycles. The number of hydrogen-bond acceptors (Lipinski definition) is 3. The van der Waals surface area contributed by atoms with Crippen molar-refractivity contribution in [1.82, 2.24) is 4.57 Å². The van der Waals surface area contributed by atoms with E-state index >= 15 is 0 Å². The fourth-order valence-electron chi connectivity index (χ4n) is 13.9. The smallest absolute Gasteiger partial charge is 0.252 e. The second-order valence-electron chi connectivity index (χ2n) is 20.7. The molecule has 0 bridgehead atoms. The summed E-state index contributed by atoms with van der Waals surface area (Å²) in [6, 6.07) is 36.6. The van der Waals surface area contributed by atoms with Crippen LogP contribution in [0.5, 0.6) is 0 Å². The van der Waals surface area contributed by atoms with Crippen molar-refractivity contribution < 1.29 is 0 Å². The van der Waals surface area contributed by atoms with Crippen LogP contribution in [0.2, 0.25) is 0 Å². The lowest BCUT2D eigenvalue weighted by molar-refractivity contribution is 0.194. The molecule has 6 heterocycles. The predicted octanol–water partition coefficient (Wildman–Crippen LogP) is 11.9. The SMILES string of the molecule is CC(C)(C)c1cc2c3c(c1)c1sc4ccccc4c1n3-c1cc(N3c4ccccc4C4(C)CCCCC34C)cc3c1B2c1cccc2c1N3C1(C)CCCCC21C. The van der Waals surface area contributed by atoms with Crippen LogP contribution in [0.25, 0.3) is 36.9 Å². The number of benzene rings is 5. The molecule has 2 fully saturated rings. The van der Waals surface area contributed by atoms with E-state index in [2.05, 4.69) is 154 Å². The van der Waals surface area contributed by atoms with E-state index in [0.717, 1.165) is 0 Å². The molecule has 13 rings (SSSR count). The summed E-state index contributed by atoms with van der Waals surface area (Å²) >= 11 is 1.99. The fraction of sp³-hybridized carbons (Fsp3) is 0.385. The van der Waals surface area contributed by atoms with E-state index in [-0.39, 0.29) is 34.0 Å². The van der Waals surface area contributed by atoms with Gasteiger partial charge in [-0.2, -0.15) is 0 Å². The van der Waals surface area contributed by atoms with E-state index < -0.39 is 0 Å². The third-order valence-electron chi connectivity index (χ3n) is 17.2. The highest BCUT2D eigenvalue weighted by Gasteiger charge is 2.62. The Morgan fingerprint density at radius 1 is 0.596 bits per heavy atom. The Labute approximate surface area is 341 Å². The van der Waals surface area contributed by atoms with Crippen molar-refractivity contribution in [1.29, 1.82) is 0 Å². The van der Waals surface area contributed by atoms with E-state index in [9.17, 15) is 0 Å². The van der Waals surface area contributed by atoms with Crippen LogP contribution in [0.1, 0.15) is 117 Å². The number of para-hydroxylation sites is 2. The molecule has 6 aliphatic rings. The zero-order valence-corrected chi connectivity index (χ0v) is 35.5. The van der Waals surface area contributed by atoms with Crippen molar-refractivity contribution in [3.63, 3.8) is 0 Å². The van der Waals surface area contributed by atoms with Crippen LogP contribution in [0.15, 0.2) is 91.0 Å². The van der Waals surface area contributed by atoms with Crippen LogP contribution >= 0.6 is 11.3 Å². The number of nitrogens with zero attached hydrogens (tertiary/aromatic N) is 3. The molecule has 5 heteroatoms. The maximum Gasteiger partial charge on any atom is 0.252 e. The molecule has 2 saturated carbocycles. The summed E-state index contributed by atoms with van der Waals surface area (Å²) in [5.74, 6) is 0. The highest BCUT2D eigenvalue weighted by atomic mass is 32.1. The lowest BCUT2D eigenvalue weighted by Crippen LogP contribution is -2.64. The number of thiophene rings is 1. The van der Waals surface area contributed by atoms with Crippen LogP contribution in [0.3, 0.4) is 0 Å². The summed E-state index contributed by atoms with van der Waals surface area (Å²) < 4.78 is 5.57. The quantitative estimate of drug-likeness (QED) is 0.154. The van der Waals surface area contributed by atoms with Crippen LogP contribution in [-0.4, -0.2) is 22.4 Å². The Balaban J connectivity index is 1.22. The number of rotatable bonds is 1. The first kappa shape index (κ1) is 33.5. The van der Waals surface area contributed by atoms with Crippen molar-refractivity contribution in [2.75, 3.05) is 9.80 Å². The molecule has 2 aromatic heterocycles. The summed E-state index contributed by atoms with van der Waals surface area (Å²) in [6.07, 6.45) is 10.0. The predicted molar refractivity (Wildman–Crippen MR) is 245 cm³/mol. The molecule has 4 aliphatic heterocycles. The van der Waals surface area contributed by atoms with Crippen molar-refractivity contribution in [2.45, 2.75) is 127 Å². The molecule has 3 nitrogen and oxygen atoms in total. The normalized spacial score (nSPS) is 27.9. The Kier molecular flexibility index (Phi) is 6.10. The van der Waals surface area contributed by atoms with E-state index in [4.69, 9.17) is 0 Å². The molecule has 5 aromatic carbocycles. The minimum atomic E-state index is -0.0219. The van der Waals surface area contributed by atoms with Crippen molar-refractivity contribution in [3.05, 3.63) is 108 Å². The first-order valence-electron chi connectivity index (χ1n) is 21.9. The second-order valence-corrected chi connectivity index (χ2v) is 21.8. The Bertz CT molecular complexity index is 2960. The Morgan fingerprint density at radius 2 is 1.26 bits per heavy atom. The van der Waals surface area contributed by atoms with E-state index in [0.29, 0.717) is 0 Å². The second kappa shape index (κ2) is 10.4. The minimum Gasteiger partial charge on any atom is -0.335 e. The average Bonchev–Trinajstić information content (AvgIpc) is 3.86. The number of hydrogen-bond donors (Lipinski definition) is 0. The highest BCUT2D eigenvalue weighted by Crippen LogP contribution is 2.64. The van der Waals surface area contributed by atoms with Crippen molar-refractivity contribution >= 4 is 88.4 Å². The zero-order valence-electron chi connectivity index (χ0n) is 34.6. The van der Waals surface area contributed by atoms with Crippen LogP contribution in [0, 0.1) is 0 Å². The van der Waals surface area contributed by atoms with Gasteiger partial charge in [0.2, 0.25) is 0 Å². The summed E-state index contributed by atoms with van der Waals surface area (Å²) in [5.41, 5.74) is 19.1. The van der Waals surface area contributed by atoms with Gasteiger partial charge in [-0.05, 0) is 108 Å². The zero-order chi connectivity index (χ0) is 38.6. The molecular weight excluding hydrogens is 709 g/mol. The largest absolute Gasteiger partial charge is 0.335 e. The van der Waals surface area contributed by atoms with E-state index in [1.807, 2.05) is 11.3 Å². The third kappa shape index (κ3) is 3.67. The molecule has 4 atom stereocenters. The van der Waals surface area contributed by atoms with Gasteiger partial charge in [0.15, 0.2) is 0 Å². The lowest BCUT2D eigenvalue weighted by Gasteiger charge is -2.53. The fourth-order valence-corrected chi connectivity index (χ4v) is 15.1. The van der Waals surface area contributed by atoms with Crippen LogP contribution in [-0.2, 0) is 16.2 Å². The van der Waals surface area contributed by atoms with Crippen molar-refractivity contribution in [3.8, 4) is 5.69 Å².